The molecule has 0 bridgehead atoms. The maximum atomic E-state index is 13.7. The lowest BCUT2D eigenvalue weighted by Gasteiger charge is -2.10. The summed E-state index contributed by atoms with van der Waals surface area (Å²) < 4.78 is 29.7. The molecule has 0 saturated heterocycles. The lowest BCUT2D eigenvalue weighted by atomic mass is 10.2. The van der Waals surface area contributed by atoms with Crippen molar-refractivity contribution >= 4 is 38.6 Å². The number of halogens is 4. The average molecular weight is 372 g/mol. The van der Waals surface area contributed by atoms with Crippen molar-refractivity contribution in [2.45, 2.75) is 12.8 Å². The molecule has 0 aliphatic heterocycles. The van der Waals surface area contributed by atoms with Gasteiger partial charge in [-0.1, -0.05) is 0 Å². The van der Waals surface area contributed by atoms with Gasteiger partial charge in [0.15, 0.2) is 0 Å². The number of benzene rings is 2. The van der Waals surface area contributed by atoms with Gasteiger partial charge in [0.2, 0.25) is 0 Å². The largest absolute Gasteiger partial charge is 0.294 e. The predicted octanol–water partition coefficient (Wildman–Crippen LogP) is 5.11. The molecule has 0 radical (unpaired) electrons. The maximum absolute atomic E-state index is 13.7. The number of aromatic nitrogens is 2. The molecule has 0 fully saturated rings. The van der Waals surface area contributed by atoms with Crippen LogP contribution in [0, 0.1) is 18.6 Å². The van der Waals surface area contributed by atoms with Gasteiger partial charge in [-0.3, -0.25) is 4.57 Å². The summed E-state index contributed by atoms with van der Waals surface area (Å²) in [5.74, 6) is -0.0258. The van der Waals surface area contributed by atoms with E-state index in [-0.39, 0.29) is 17.5 Å². The molecule has 0 atom stereocenters. The Balaban J connectivity index is 2.40. The zero-order valence-corrected chi connectivity index (χ0v) is 13.3. The first-order chi connectivity index (χ1) is 10.0. The lowest BCUT2D eigenvalue weighted by Crippen LogP contribution is -2.01. The standard InChI is InChI=1S/C15H10BrClF2N2/c1-8-4-14-12(6-11(8)19)20-15(7-17)21(14)13-5-9(18)2-3-10(13)16/h2-6H,7H2,1H3. The minimum Gasteiger partial charge on any atom is -0.294 e. The Bertz CT molecular complexity index is 845. The Morgan fingerprint density at radius 2 is 2.00 bits per heavy atom. The zero-order chi connectivity index (χ0) is 15.1. The number of hydrogen-bond donors (Lipinski definition) is 0. The first-order valence-electron chi connectivity index (χ1n) is 6.20. The highest BCUT2D eigenvalue weighted by Gasteiger charge is 2.16. The van der Waals surface area contributed by atoms with Gasteiger partial charge in [0, 0.05) is 10.5 Å². The van der Waals surface area contributed by atoms with E-state index in [1.165, 1.54) is 18.2 Å². The number of aryl methyl sites for hydroxylation is 1. The van der Waals surface area contributed by atoms with Crippen LogP contribution in [0.4, 0.5) is 8.78 Å². The third-order valence-corrected chi connectivity index (χ3v) is 4.18. The topological polar surface area (TPSA) is 17.8 Å². The van der Waals surface area contributed by atoms with Gasteiger partial charge in [-0.2, -0.15) is 0 Å². The molecule has 6 heteroatoms. The van der Waals surface area contributed by atoms with Gasteiger partial charge >= 0.3 is 0 Å². The van der Waals surface area contributed by atoms with Crippen molar-refractivity contribution < 1.29 is 8.78 Å². The number of imidazole rings is 1. The molecular formula is C15H10BrClF2N2. The van der Waals surface area contributed by atoms with Crippen molar-refractivity contribution in [2.75, 3.05) is 0 Å². The Kier molecular flexibility index (Phi) is 3.71. The molecule has 2 nitrogen and oxygen atoms in total. The van der Waals surface area contributed by atoms with Crippen molar-refractivity contribution in [3.63, 3.8) is 0 Å². The van der Waals surface area contributed by atoms with E-state index in [2.05, 4.69) is 20.9 Å². The summed E-state index contributed by atoms with van der Waals surface area (Å²) in [5, 5.41) is 0. The first kappa shape index (κ1) is 14.5. The fourth-order valence-electron chi connectivity index (χ4n) is 2.27. The third-order valence-electron chi connectivity index (χ3n) is 3.27. The van der Waals surface area contributed by atoms with Crippen molar-refractivity contribution in [3.05, 3.63) is 57.8 Å². The molecule has 3 aromatic rings. The summed E-state index contributed by atoms with van der Waals surface area (Å²) in [6.07, 6.45) is 0. The molecule has 1 heterocycles. The zero-order valence-electron chi connectivity index (χ0n) is 11.0. The van der Waals surface area contributed by atoms with Crippen LogP contribution < -0.4 is 0 Å². The molecule has 1 aromatic heterocycles. The van der Waals surface area contributed by atoms with E-state index in [0.717, 1.165) is 0 Å². The number of hydrogen-bond acceptors (Lipinski definition) is 1. The highest BCUT2D eigenvalue weighted by Crippen LogP contribution is 2.29. The van der Waals surface area contributed by atoms with Gasteiger partial charge in [0.25, 0.3) is 0 Å². The molecule has 0 unspecified atom stereocenters. The van der Waals surface area contributed by atoms with Crippen molar-refractivity contribution in [2.24, 2.45) is 0 Å². The van der Waals surface area contributed by atoms with Crippen LogP contribution in [0.5, 0.6) is 0 Å². The van der Waals surface area contributed by atoms with Gasteiger partial charge in [-0.25, -0.2) is 13.8 Å². The number of fused-ring (bicyclic) bond motifs is 1. The second-order valence-corrected chi connectivity index (χ2v) is 5.80. The summed E-state index contributed by atoms with van der Waals surface area (Å²) in [6, 6.07) is 7.41. The van der Waals surface area contributed by atoms with Crippen molar-refractivity contribution in [1.82, 2.24) is 9.55 Å². The molecule has 0 N–H and O–H groups in total. The van der Waals surface area contributed by atoms with Crippen molar-refractivity contribution in [3.8, 4) is 5.69 Å². The average Bonchev–Trinajstić information content (AvgIpc) is 2.79. The fourth-order valence-corrected chi connectivity index (χ4v) is 2.87. The summed E-state index contributed by atoms with van der Waals surface area (Å²) in [5.41, 5.74) is 2.26. The Labute approximate surface area is 133 Å². The Hall–Kier alpha value is -1.46. The van der Waals surface area contributed by atoms with Crippen LogP contribution in [0.3, 0.4) is 0 Å². The second kappa shape index (κ2) is 5.39. The maximum Gasteiger partial charge on any atom is 0.129 e. The molecule has 0 saturated carbocycles. The fraction of sp³-hybridized carbons (Fsp3) is 0.133. The van der Waals surface area contributed by atoms with Crippen LogP contribution in [-0.2, 0) is 5.88 Å². The van der Waals surface area contributed by atoms with Gasteiger partial charge in [-0.15, -0.1) is 11.6 Å². The van der Waals surface area contributed by atoms with Crippen LogP contribution in [0.25, 0.3) is 16.7 Å². The van der Waals surface area contributed by atoms with Crippen LogP contribution >= 0.6 is 27.5 Å². The monoisotopic (exact) mass is 370 g/mol. The van der Waals surface area contributed by atoms with E-state index in [1.54, 1.807) is 23.6 Å². The van der Waals surface area contributed by atoms with Crippen molar-refractivity contribution in [1.29, 1.82) is 0 Å². The smallest absolute Gasteiger partial charge is 0.129 e. The van der Waals surface area contributed by atoms with E-state index in [4.69, 9.17) is 11.6 Å². The molecule has 0 aliphatic rings. The van der Waals surface area contributed by atoms with Crippen LogP contribution in [0.2, 0.25) is 0 Å². The van der Waals surface area contributed by atoms with E-state index < -0.39 is 0 Å². The summed E-state index contributed by atoms with van der Waals surface area (Å²) in [4.78, 5) is 4.33. The Morgan fingerprint density at radius 1 is 1.24 bits per heavy atom. The molecule has 3 rings (SSSR count). The SMILES string of the molecule is Cc1cc2c(cc1F)nc(CCl)n2-c1cc(F)ccc1Br. The van der Waals surface area contributed by atoms with Crippen LogP contribution in [-0.4, -0.2) is 9.55 Å². The summed E-state index contributed by atoms with van der Waals surface area (Å²) >= 11 is 9.34. The summed E-state index contributed by atoms with van der Waals surface area (Å²) in [6.45, 7) is 1.67. The second-order valence-electron chi connectivity index (χ2n) is 4.68. The van der Waals surface area contributed by atoms with Gasteiger partial charge < -0.3 is 0 Å². The summed E-state index contributed by atoms with van der Waals surface area (Å²) in [7, 11) is 0. The normalized spacial score (nSPS) is 11.3. The molecule has 2 aromatic carbocycles. The molecule has 0 aliphatic carbocycles. The van der Waals surface area contributed by atoms with Gasteiger partial charge in [0.1, 0.15) is 17.5 Å². The number of rotatable bonds is 2. The number of alkyl halides is 1. The first-order valence-corrected chi connectivity index (χ1v) is 7.53. The van der Waals surface area contributed by atoms with E-state index in [0.29, 0.717) is 32.6 Å². The highest BCUT2D eigenvalue weighted by molar-refractivity contribution is 9.10. The minimum absolute atomic E-state index is 0.137. The Morgan fingerprint density at radius 3 is 2.71 bits per heavy atom. The molecule has 108 valence electrons. The molecule has 0 amide bonds. The van der Waals surface area contributed by atoms with Crippen LogP contribution in [0.15, 0.2) is 34.8 Å². The van der Waals surface area contributed by atoms with E-state index >= 15 is 0 Å². The molecule has 0 spiro atoms. The van der Waals surface area contributed by atoms with E-state index in [1.807, 2.05) is 0 Å². The molecular weight excluding hydrogens is 362 g/mol. The lowest BCUT2D eigenvalue weighted by molar-refractivity contribution is 0.620. The quantitative estimate of drug-likeness (QED) is 0.572. The molecule has 21 heavy (non-hydrogen) atoms. The minimum atomic E-state index is -0.366. The number of nitrogens with zero attached hydrogens (tertiary/aromatic N) is 2. The third kappa shape index (κ3) is 2.45. The van der Waals surface area contributed by atoms with Crippen LogP contribution in [0.1, 0.15) is 11.4 Å². The predicted molar refractivity (Wildman–Crippen MR) is 83.0 cm³/mol. The van der Waals surface area contributed by atoms with Gasteiger partial charge in [0.05, 0.1) is 22.6 Å². The highest BCUT2D eigenvalue weighted by atomic mass is 79.9. The van der Waals surface area contributed by atoms with Gasteiger partial charge in [-0.05, 0) is 52.7 Å². The van der Waals surface area contributed by atoms with E-state index in [9.17, 15) is 8.78 Å².